The predicted octanol–water partition coefficient (Wildman–Crippen LogP) is 1.20. The van der Waals surface area contributed by atoms with Gasteiger partial charge in [-0.05, 0) is 38.0 Å². The lowest BCUT2D eigenvalue weighted by molar-refractivity contribution is 0.165. The van der Waals surface area contributed by atoms with Crippen LogP contribution in [0, 0.1) is 5.92 Å². The molecular formula is C13H26N2O3S. The first-order valence-electron chi connectivity index (χ1n) is 7.47. The molecule has 1 N–H and O–H groups in total. The highest BCUT2D eigenvalue weighted by Gasteiger charge is 2.40. The zero-order valence-corrected chi connectivity index (χ0v) is 12.6. The molecule has 1 aliphatic carbocycles. The molecular weight excluding hydrogens is 264 g/mol. The lowest BCUT2D eigenvalue weighted by atomic mass is 10.00. The van der Waals surface area contributed by atoms with Crippen molar-refractivity contribution < 1.29 is 13.5 Å². The summed E-state index contributed by atoms with van der Waals surface area (Å²) in [6, 6.07) is 0.243. The van der Waals surface area contributed by atoms with Crippen LogP contribution in [0.2, 0.25) is 0 Å². The molecule has 2 aliphatic rings. The zero-order valence-electron chi connectivity index (χ0n) is 11.8. The minimum absolute atomic E-state index is 0.177. The molecule has 1 aliphatic heterocycles. The van der Waals surface area contributed by atoms with E-state index in [-0.39, 0.29) is 18.6 Å². The largest absolute Gasteiger partial charge is 0.396 e. The maximum Gasteiger partial charge on any atom is 0.282 e. The Kier molecular flexibility index (Phi) is 5.22. The van der Waals surface area contributed by atoms with E-state index in [0.29, 0.717) is 19.6 Å². The van der Waals surface area contributed by atoms with Crippen molar-refractivity contribution in [2.75, 3.05) is 26.2 Å². The zero-order chi connectivity index (χ0) is 13.9. The van der Waals surface area contributed by atoms with Crippen LogP contribution in [-0.2, 0) is 10.2 Å². The van der Waals surface area contributed by atoms with Gasteiger partial charge >= 0.3 is 0 Å². The van der Waals surface area contributed by atoms with Gasteiger partial charge in [-0.1, -0.05) is 13.3 Å². The minimum Gasteiger partial charge on any atom is -0.396 e. The number of rotatable bonds is 7. The van der Waals surface area contributed by atoms with Gasteiger partial charge in [0.2, 0.25) is 0 Å². The third-order valence-electron chi connectivity index (χ3n) is 4.14. The second kappa shape index (κ2) is 6.52. The van der Waals surface area contributed by atoms with Crippen LogP contribution in [0.15, 0.2) is 0 Å². The summed E-state index contributed by atoms with van der Waals surface area (Å²) in [4.78, 5) is 0. The average Bonchev–Trinajstić information content (AvgIpc) is 3.23. The molecule has 0 spiro atoms. The third kappa shape index (κ3) is 3.68. The third-order valence-corrected chi connectivity index (χ3v) is 6.23. The van der Waals surface area contributed by atoms with E-state index in [0.717, 1.165) is 38.5 Å². The Morgan fingerprint density at radius 2 is 1.84 bits per heavy atom. The molecule has 0 atom stereocenters. The summed E-state index contributed by atoms with van der Waals surface area (Å²) in [5.41, 5.74) is 0. The second-order valence-corrected chi connectivity index (χ2v) is 7.61. The maximum absolute atomic E-state index is 12.7. The molecule has 2 fully saturated rings. The van der Waals surface area contributed by atoms with Crippen molar-refractivity contribution >= 4 is 10.2 Å². The highest BCUT2D eigenvalue weighted by molar-refractivity contribution is 7.86. The molecule has 1 heterocycles. The Morgan fingerprint density at radius 1 is 1.21 bits per heavy atom. The number of nitrogens with zero attached hydrogens (tertiary/aromatic N) is 2. The quantitative estimate of drug-likeness (QED) is 0.766. The summed E-state index contributed by atoms with van der Waals surface area (Å²) in [6.45, 7) is 4.04. The van der Waals surface area contributed by atoms with Crippen molar-refractivity contribution in [2.45, 2.75) is 51.5 Å². The monoisotopic (exact) mass is 290 g/mol. The van der Waals surface area contributed by atoms with E-state index in [9.17, 15) is 8.42 Å². The molecule has 0 aromatic rings. The lowest BCUT2D eigenvalue weighted by Gasteiger charge is -2.34. The molecule has 2 rings (SSSR count). The summed E-state index contributed by atoms with van der Waals surface area (Å²) in [5.74, 6) is 0.275. The summed E-state index contributed by atoms with van der Waals surface area (Å²) in [7, 11) is -3.28. The number of unbranched alkanes of at least 4 members (excludes halogenated alkanes) is 1. The van der Waals surface area contributed by atoms with Gasteiger partial charge in [0, 0.05) is 32.3 Å². The highest BCUT2D eigenvalue weighted by Crippen LogP contribution is 2.32. The summed E-state index contributed by atoms with van der Waals surface area (Å²) < 4.78 is 28.7. The van der Waals surface area contributed by atoms with Crippen LogP contribution < -0.4 is 0 Å². The van der Waals surface area contributed by atoms with Crippen molar-refractivity contribution in [3.8, 4) is 0 Å². The smallest absolute Gasteiger partial charge is 0.282 e. The van der Waals surface area contributed by atoms with Gasteiger partial charge in [0.25, 0.3) is 10.2 Å². The molecule has 0 aromatic heterocycles. The van der Waals surface area contributed by atoms with Crippen LogP contribution in [0.25, 0.3) is 0 Å². The SMILES string of the molecule is CCCCN(C1CC1)S(=O)(=O)N1CCC(CO)CC1. The van der Waals surface area contributed by atoms with E-state index in [2.05, 4.69) is 6.92 Å². The Bertz CT molecular complexity index is 373. The van der Waals surface area contributed by atoms with Gasteiger partial charge in [-0.3, -0.25) is 0 Å². The number of hydrogen-bond acceptors (Lipinski definition) is 3. The van der Waals surface area contributed by atoms with E-state index in [4.69, 9.17) is 5.11 Å². The van der Waals surface area contributed by atoms with Crippen LogP contribution in [0.3, 0.4) is 0 Å². The Labute approximate surface area is 116 Å². The van der Waals surface area contributed by atoms with Crippen LogP contribution in [-0.4, -0.2) is 54.4 Å². The number of aliphatic hydroxyl groups is 1. The van der Waals surface area contributed by atoms with E-state index >= 15 is 0 Å². The molecule has 0 amide bonds. The van der Waals surface area contributed by atoms with Crippen molar-refractivity contribution in [1.82, 2.24) is 8.61 Å². The lowest BCUT2D eigenvalue weighted by Crippen LogP contribution is -2.48. The summed E-state index contributed by atoms with van der Waals surface area (Å²) in [5, 5.41) is 9.13. The van der Waals surface area contributed by atoms with Gasteiger partial charge in [0.15, 0.2) is 0 Å². The first-order chi connectivity index (χ1) is 9.09. The normalized spacial score (nSPS) is 23.1. The van der Waals surface area contributed by atoms with Crippen LogP contribution in [0.4, 0.5) is 0 Å². The molecule has 19 heavy (non-hydrogen) atoms. The van der Waals surface area contributed by atoms with Crippen LogP contribution in [0.5, 0.6) is 0 Å². The van der Waals surface area contributed by atoms with Crippen molar-refractivity contribution in [1.29, 1.82) is 0 Å². The summed E-state index contributed by atoms with van der Waals surface area (Å²) >= 11 is 0. The molecule has 0 radical (unpaired) electrons. The molecule has 5 nitrogen and oxygen atoms in total. The Balaban J connectivity index is 1.99. The van der Waals surface area contributed by atoms with E-state index in [1.165, 1.54) is 0 Å². The first kappa shape index (κ1) is 15.2. The fourth-order valence-electron chi connectivity index (χ4n) is 2.63. The molecule has 1 saturated carbocycles. The van der Waals surface area contributed by atoms with E-state index in [1.807, 2.05) is 0 Å². The predicted molar refractivity (Wildman–Crippen MR) is 74.9 cm³/mol. The number of hydrogen-bond donors (Lipinski definition) is 1. The number of piperidine rings is 1. The van der Waals surface area contributed by atoms with Crippen LogP contribution >= 0.6 is 0 Å². The molecule has 0 aromatic carbocycles. The molecule has 6 heteroatoms. The number of aliphatic hydroxyl groups excluding tert-OH is 1. The molecule has 112 valence electrons. The topological polar surface area (TPSA) is 60.9 Å². The standard InChI is InChI=1S/C13H26N2O3S/c1-2-3-8-15(13-4-5-13)19(17,18)14-9-6-12(11-16)7-10-14/h12-13,16H,2-11H2,1H3. The maximum atomic E-state index is 12.7. The average molecular weight is 290 g/mol. The molecule has 1 saturated heterocycles. The minimum atomic E-state index is -3.28. The van der Waals surface area contributed by atoms with Crippen molar-refractivity contribution in [3.05, 3.63) is 0 Å². The van der Waals surface area contributed by atoms with Gasteiger partial charge in [0.1, 0.15) is 0 Å². The second-order valence-electron chi connectivity index (χ2n) is 5.73. The highest BCUT2D eigenvalue weighted by atomic mass is 32.2. The molecule has 0 bridgehead atoms. The Morgan fingerprint density at radius 3 is 2.32 bits per heavy atom. The van der Waals surface area contributed by atoms with Gasteiger partial charge in [0.05, 0.1) is 0 Å². The van der Waals surface area contributed by atoms with E-state index < -0.39 is 10.2 Å². The fraction of sp³-hybridized carbons (Fsp3) is 1.00. The Hall–Kier alpha value is -0.170. The van der Waals surface area contributed by atoms with Crippen molar-refractivity contribution in [2.24, 2.45) is 5.92 Å². The van der Waals surface area contributed by atoms with E-state index in [1.54, 1.807) is 8.61 Å². The first-order valence-corrected chi connectivity index (χ1v) is 8.87. The van der Waals surface area contributed by atoms with Crippen LogP contribution in [0.1, 0.15) is 45.4 Å². The van der Waals surface area contributed by atoms with Gasteiger partial charge < -0.3 is 5.11 Å². The fourth-order valence-corrected chi connectivity index (χ4v) is 4.55. The summed E-state index contributed by atoms with van der Waals surface area (Å²) in [6.07, 6.45) is 5.53. The van der Waals surface area contributed by atoms with Gasteiger partial charge in [-0.25, -0.2) is 0 Å². The molecule has 0 unspecified atom stereocenters. The van der Waals surface area contributed by atoms with Gasteiger partial charge in [-0.2, -0.15) is 17.0 Å². The van der Waals surface area contributed by atoms with Gasteiger partial charge in [-0.15, -0.1) is 0 Å². The van der Waals surface area contributed by atoms with Crippen molar-refractivity contribution in [3.63, 3.8) is 0 Å².